The zero-order valence-electron chi connectivity index (χ0n) is 10.2. The summed E-state index contributed by atoms with van der Waals surface area (Å²) >= 11 is 0. The molecule has 1 unspecified atom stereocenters. The molecule has 1 aromatic carbocycles. The molecule has 1 aromatic heterocycles. The SMILES string of the molecule is NCC1CCCN1C(=O)c1cc2ccccc2[nH]1. The highest BCUT2D eigenvalue weighted by molar-refractivity contribution is 5.98. The summed E-state index contributed by atoms with van der Waals surface area (Å²) < 4.78 is 0. The van der Waals surface area contributed by atoms with Crippen molar-refractivity contribution in [1.29, 1.82) is 0 Å². The Morgan fingerprint density at radius 1 is 1.44 bits per heavy atom. The Kier molecular flexibility index (Phi) is 2.80. The fourth-order valence-corrected chi connectivity index (χ4v) is 2.69. The van der Waals surface area contributed by atoms with E-state index in [2.05, 4.69) is 4.98 Å². The molecule has 1 amide bonds. The second kappa shape index (κ2) is 4.46. The van der Waals surface area contributed by atoms with Crippen LogP contribution in [0.4, 0.5) is 0 Å². The number of nitrogens with two attached hydrogens (primary N) is 1. The summed E-state index contributed by atoms with van der Waals surface area (Å²) in [5.74, 6) is 0.0687. The summed E-state index contributed by atoms with van der Waals surface area (Å²) in [4.78, 5) is 17.5. The number of benzene rings is 1. The van der Waals surface area contributed by atoms with Crippen molar-refractivity contribution in [3.8, 4) is 0 Å². The Bertz CT molecular complexity index is 542. The van der Waals surface area contributed by atoms with Crippen molar-refractivity contribution in [3.05, 3.63) is 36.0 Å². The maximum absolute atomic E-state index is 12.4. The summed E-state index contributed by atoms with van der Waals surface area (Å²) in [6.07, 6.45) is 2.07. The molecule has 1 saturated heterocycles. The Labute approximate surface area is 106 Å². The molecule has 94 valence electrons. The Hall–Kier alpha value is -1.81. The first kappa shape index (κ1) is 11.3. The predicted octanol–water partition coefficient (Wildman–Crippen LogP) is 1.73. The maximum atomic E-state index is 12.4. The van der Waals surface area contributed by atoms with Gasteiger partial charge in [0.25, 0.3) is 5.91 Å². The number of para-hydroxylation sites is 1. The normalized spacial score (nSPS) is 19.6. The van der Waals surface area contributed by atoms with Crippen LogP contribution in [-0.4, -0.2) is 34.9 Å². The van der Waals surface area contributed by atoms with Gasteiger partial charge >= 0.3 is 0 Å². The summed E-state index contributed by atoms with van der Waals surface area (Å²) in [5.41, 5.74) is 7.38. The molecule has 1 aliphatic rings. The third-order valence-corrected chi connectivity index (χ3v) is 3.67. The van der Waals surface area contributed by atoms with Gasteiger partial charge in [-0.25, -0.2) is 0 Å². The van der Waals surface area contributed by atoms with Crippen molar-refractivity contribution in [1.82, 2.24) is 9.88 Å². The van der Waals surface area contributed by atoms with Crippen molar-refractivity contribution in [3.63, 3.8) is 0 Å². The van der Waals surface area contributed by atoms with Crippen LogP contribution in [0.25, 0.3) is 10.9 Å². The minimum atomic E-state index is 0.0687. The topological polar surface area (TPSA) is 62.1 Å². The standard InChI is InChI=1S/C14H17N3O/c15-9-11-5-3-7-17(11)14(18)13-8-10-4-1-2-6-12(10)16-13/h1-2,4,6,8,11,16H,3,5,7,9,15H2. The second-order valence-electron chi connectivity index (χ2n) is 4.80. The summed E-state index contributed by atoms with van der Waals surface area (Å²) in [6.45, 7) is 1.36. The predicted molar refractivity (Wildman–Crippen MR) is 71.4 cm³/mol. The van der Waals surface area contributed by atoms with Crippen molar-refractivity contribution in [2.45, 2.75) is 18.9 Å². The van der Waals surface area contributed by atoms with E-state index in [1.165, 1.54) is 0 Å². The van der Waals surface area contributed by atoms with Crippen molar-refractivity contribution >= 4 is 16.8 Å². The summed E-state index contributed by atoms with van der Waals surface area (Å²) in [7, 11) is 0. The number of hydrogen-bond acceptors (Lipinski definition) is 2. The van der Waals surface area contributed by atoms with E-state index < -0.39 is 0 Å². The minimum Gasteiger partial charge on any atom is -0.351 e. The third-order valence-electron chi connectivity index (χ3n) is 3.67. The van der Waals surface area contributed by atoms with Gasteiger partial charge in [-0.3, -0.25) is 4.79 Å². The number of nitrogens with zero attached hydrogens (tertiary/aromatic N) is 1. The summed E-state index contributed by atoms with van der Waals surface area (Å²) in [5, 5.41) is 1.07. The quantitative estimate of drug-likeness (QED) is 0.843. The van der Waals surface area contributed by atoms with Crippen molar-refractivity contribution in [2.75, 3.05) is 13.1 Å². The molecule has 1 atom stereocenters. The number of aromatic nitrogens is 1. The number of H-pyrrole nitrogens is 1. The Balaban J connectivity index is 1.91. The number of hydrogen-bond donors (Lipinski definition) is 2. The molecule has 3 N–H and O–H groups in total. The highest BCUT2D eigenvalue weighted by Gasteiger charge is 2.28. The monoisotopic (exact) mass is 243 g/mol. The number of amides is 1. The molecule has 1 fully saturated rings. The van der Waals surface area contributed by atoms with E-state index in [0.717, 1.165) is 30.3 Å². The van der Waals surface area contributed by atoms with Gasteiger partial charge in [-0.1, -0.05) is 18.2 Å². The van der Waals surface area contributed by atoms with Gasteiger partial charge in [0.15, 0.2) is 0 Å². The third kappa shape index (κ3) is 1.78. The highest BCUT2D eigenvalue weighted by Crippen LogP contribution is 2.21. The second-order valence-corrected chi connectivity index (χ2v) is 4.80. The molecule has 0 radical (unpaired) electrons. The zero-order chi connectivity index (χ0) is 12.5. The Morgan fingerprint density at radius 2 is 2.28 bits per heavy atom. The average Bonchev–Trinajstić information content (AvgIpc) is 3.03. The van der Waals surface area contributed by atoms with Crippen LogP contribution in [0.15, 0.2) is 30.3 Å². The van der Waals surface area contributed by atoms with Crippen molar-refractivity contribution < 1.29 is 4.79 Å². The lowest BCUT2D eigenvalue weighted by molar-refractivity contribution is 0.0736. The molecular weight excluding hydrogens is 226 g/mol. The molecule has 0 spiro atoms. The number of carbonyl (C=O) groups excluding carboxylic acids is 1. The van der Waals surface area contributed by atoms with Gasteiger partial charge in [0, 0.05) is 30.0 Å². The molecule has 0 bridgehead atoms. The highest BCUT2D eigenvalue weighted by atomic mass is 16.2. The van der Waals surface area contributed by atoms with Gasteiger partial charge in [0.2, 0.25) is 0 Å². The molecule has 18 heavy (non-hydrogen) atoms. The molecule has 1 aliphatic heterocycles. The van der Waals surface area contributed by atoms with Gasteiger partial charge in [0.1, 0.15) is 5.69 Å². The van der Waals surface area contributed by atoms with E-state index in [0.29, 0.717) is 12.2 Å². The zero-order valence-corrected chi connectivity index (χ0v) is 10.2. The van der Waals surface area contributed by atoms with E-state index >= 15 is 0 Å². The molecular formula is C14H17N3O. The summed E-state index contributed by atoms with van der Waals surface area (Å²) in [6, 6.07) is 10.0. The van der Waals surface area contributed by atoms with Gasteiger partial charge in [-0.05, 0) is 25.0 Å². The van der Waals surface area contributed by atoms with Gasteiger partial charge in [0.05, 0.1) is 0 Å². The number of nitrogens with one attached hydrogen (secondary N) is 1. The van der Waals surface area contributed by atoms with Crippen LogP contribution in [0.1, 0.15) is 23.3 Å². The van der Waals surface area contributed by atoms with Gasteiger partial charge < -0.3 is 15.6 Å². The van der Waals surface area contributed by atoms with E-state index in [1.807, 2.05) is 35.2 Å². The van der Waals surface area contributed by atoms with Crippen LogP contribution in [0, 0.1) is 0 Å². The van der Waals surface area contributed by atoms with Crippen molar-refractivity contribution in [2.24, 2.45) is 5.73 Å². The minimum absolute atomic E-state index is 0.0687. The van der Waals surface area contributed by atoms with E-state index in [-0.39, 0.29) is 11.9 Å². The largest absolute Gasteiger partial charge is 0.351 e. The van der Waals surface area contributed by atoms with E-state index in [9.17, 15) is 4.79 Å². The molecule has 0 saturated carbocycles. The van der Waals surface area contributed by atoms with Crippen LogP contribution in [0.2, 0.25) is 0 Å². The van der Waals surface area contributed by atoms with Crippen LogP contribution >= 0.6 is 0 Å². The first-order chi connectivity index (χ1) is 8.79. The van der Waals surface area contributed by atoms with Gasteiger partial charge in [-0.2, -0.15) is 0 Å². The first-order valence-electron chi connectivity index (χ1n) is 6.38. The average molecular weight is 243 g/mol. The lowest BCUT2D eigenvalue weighted by Crippen LogP contribution is -2.40. The lowest BCUT2D eigenvalue weighted by atomic mass is 10.2. The number of rotatable bonds is 2. The fraction of sp³-hybridized carbons (Fsp3) is 0.357. The fourth-order valence-electron chi connectivity index (χ4n) is 2.69. The molecule has 3 rings (SSSR count). The van der Waals surface area contributed by atoms with Crippen LogP contribution in [-0.2, 0) is 0 Å². The Morgan fingerprint density at radius 3 is 3.06 bits per heavy atom. The number of fused-ring (bicyclic) bond motifs is 1. The molecule has 2 heterocycles. The smallest absolute Gasteiger partial charge is 0.270 e. The van der Waals surface area contributed by atoms with Crippen LogP contribution in [0.5, 0.6) is 0 Å². The van der Waals surface area contributed by atoms with Crippen LogP contribution < -0.4 is 5.73 Å². The first-order valence-corrected chi connectivity index (χ1v) is 6.38. The molecule has 0 aliphatic carbocycles. The van der Waals surface area contributed by atoms with E-state index in [4.69, 9.17) is 5.73 Å². The lowest BCUT2D eigenvalue weighted by Gasteiger charge is -2.22. The van der Waals surface area contributed by atoms with Gasteiger partial charge in [-0.15, -0.1) is 0 Å². The van der Waals surface area contributed by atoms with Crippen LogP contribution in [0.3, 0.4) is 0 Å². The number of carbonyl (C=O) groups is 1. The van der Waals surface area contributed by atoms with E-state index in [1.54, 1.807) is 0 Å². The number of aromatic amines is 1. The maximum Gasteiger partial charge on any atom is 0.270 e. The molecule has 2 aromatic rings. The number of likely N-dealkylation sites (tertiary alicyclic amines) is 1. The molecule has 4 nitrogen and oxygen atoms in total. The molecule has 4 heteroatoms.